The zero-order valence-corrected chi connectivity index (χ0v) is 11.5. The van der Waals surface area contributed by atoms with Gasteiger partial charge in [0.25, 0.3) is 0 Å². The Morgan fingerprint density at radius 1 is 1.25 bits per heavy atom. The summed E-state index contributed by atoms with van der Waals surface area (Å²) >= 11 is 0. The fraction of sp³-hybridized carbons (Fsp3) is 0.500. The Bertz CT molecular complexity index is 489. The van der Waals surface area contributed by atoms with Crippen LogP contribution >= 0.6 is 0 Å². The van der Waals surface area contributed by atoms with Gasteiger partial charge in [-0.25, -0.2) is 18.6 Å². The summed E-state index contributed by atoms with van der Waals surface area (Å²) in [6, 6.07) is 1.98. The molecule has 0 bridgehead atoms. The third-order valence-corrected chi connectivity index (χ3v) is 3.72. The molecule has 0 saturated carbocycles. The van der Waals surface area contributed by atoms with Crippen LogP contribution in [0.3, 0.4) is 0 Å². The minimum Gasteiger partial charge on any atom is -0.478 e. The molecule has 0 radical (unpaired) electrons. The van der Waals surface area contributed by atoms with E-state index in [4.69, 9.17) is 5.11 Å². The molecule has 1 aliphatic heterocycles. The fourth-order valence-corrected chi connectivity index (χ4v) is 2.57. The summed E-state index contributed by atoms with van der Waals surface area (Å²) < 4.78 is 27.8. The molecule has 0 amide bonds. The van der Waals surface area contributed by atoms with Crippen molar-refractivity contribution >= 4 is 11.7 Å². The Kier molecular flexibility index (Phi) is 4.23. The zero-order chi connectivity index (χ0) is 14.9. The number of hydrogen-bond acceptors (Lipinski definition) is 3. The third kappa shape index (κ3) is 2.90. The van der Waals surface area contributed by atoms with Gasteiger partial charge in [0.15, 0.2) is 11.6 Å². The Hall–Kier alpha value is -1.69. The number of nitrogens with one attached hydrogen (secondary N) is 1. The first-order valence-corrected chi connectivity index (χ1v) is 6.67. The molecule has 0 aromatic heterocycles. The van der Waals surface area contributed by atoms with E-state index in [1.807, 2.05) is 18.9 Å². The number of halogens is 2. The van der Waals surface area contributed by atoms with Crippen molar-refractivity contribution in [3.63, 3.8) is 0 Å². The molecule has 1 fully saturated rings. The summed E-state index contributed by atoms with van der Waals surface area (Å²) in [6.07, 6.45) is 2.99. The molecule has 1 heterocycles. The molecule has 1 aromatic rings. The minimum absolute atomic E-state index is 0.164. The van der Waals surface area contributed by atoms with Crippen LogP contribution in [0.1, 0.15) is 43.5 Å². The lowest BCUT2D eigenvalue weighted by molar-refractivity contribution is 0.0695. The highest BCUT2D eigenvalue weighted by atomic mass is 19.1. The standard InChI is InChI=1S/C14H18F2N2O2/c1-8-4-3-5-9(2)18(8)17-13-11(15)6-10(14(19)20)7-12(13)16/h6-9,17H,3-5H2,1-2H3,(H,19,20). The predicted octanol–water partition coefficient (Wildman–Crippen LogP) is 3.25. The van der Waals surface area contributed by atoms with Gasteiger partial charge in [0.05, 0.1) is 5.56 Å². The number of benzene rings is 1. The lowest BCUT2D eigenvalue weighted by Crippen LogP contribution is -2.47. The molecule has 2 N–H and O–H groups in total. The highest BCUT2D eigenvalue weighted by molar-refractivity contribution is 5.88. The summed E-state index contributed by atoms with van der Waals surface area (Å²) in [5.41, 5.74) is 2.08. The number of hydrazine groups is 1. The van der Waals surface area contributed by atoms with Crippen LogP contribution < -0.4 is 5.43 Å². The molecule has 20 heavy (non-hydrogen) atoms. The van der Waals surface area contributed by atoms with Gasteiger partial charge in [0, 0.05) is 12.1 Å². The molecule has 2 rings (SSSR count). The van der Waals surface area contributed by atoms with Gasteiger partial charge in [-0.05, 0) is 38.8 Å². The predicted molar refractivity (Wildman–Crippen MR) is 71.6 cm³/mol. The SMILES string of the molecule is CC1CCCC(C)N1Nc1c(F)cc(C(=O)O)cc1F. The van der Waals surface area contributed by atoms with Gasteiger partial charge >= 0.3 is 5.97 Å². The van der Waals surface area contributed by atoms with E-state index in [-0.39, 0.29) is 17.8 Å². The second kappa shape index (κ2) is 5.75. The molecule has 110 valence electrons. The molecular weight excluding hydrogens is 266 g/mol. The van der Waals surface area contributed by atoms with E-state index in [0.717, 1.165) is 31.4 Å². The summed E-state index contributed by atoms with van der Waals surface area (Å²) in [6.45, 7) is 3.98. The van der Waals surface area contributed by atoms with Crippen molar-refractivity contribution in [3.8, 4) is 0 Å². The number of aromatic carboxylic acids is 1. The molecule has 1 aliphatic rings. The average Bonchev–Trinajstić information content (AvgIpc) is 2.36. The normalized spacial score (nSPS) is 23.6. The van der Waals surface area contributed by atoms with Crippen molar-refractivity contribution in [1.82, 2.24) is 5.01 Å². The van der Waals surface area contributed by atoms with E-state index < -0.39 is 23.2 Å². The highest BCUT2D eigenvalue weighted by Crippen LogP contribution is 2.27. The van der Waals surface area contributed by atoms with Crippen LogP contribution in [0.5, 0.6) is 0 Å². The van der Waals surface area contributed by atoms with Crippen LogP contribution in [0.15, 0.2) is 12.1 Å². The first-order valence-electron chi connectivity index (χ1n) is 6.67. The number of carboxylic acids is 1. The number of anilines is 1. The number of piperidine rings is 1. The number of rotatable bonds is 3. The lowest BCUT2D eigenvalue weighted by Gasteiger charge is -2.39. The van der Waals surface area contributed by atoms with Crippen LogP contribution in [-0.4, -0.2) is 28.2 Å². The maximum absolute atomic E-state index is 13.9. The van der Waals surface area contributed by atoms with Crippen LogP contribution in [0.2, 0.25) is 0 Å². The fourth-order valence-electron chi connectivity index (χ4n) is 2.57. The molecule has 2 unspecified atom stereocenters. The van der Waals surface area contributed by atoms with Crippen molar-refractivity contribution in [2.75, 3.05) is 5.43 Å². The van der Waals surface area contributed by atoms with Crippen LogP contribution in [0.4, 0.5) is 14.5 Å². The van der Waals surface area contributed by atoms with E-state index in [9.17, 15) is 13.6 Å². The van der Waals surface area contributed by atoms with Crippen LogP contribution in [0, 0.1) is 11.6 Å². The second-order valence-electron chi connectivity index (χ2n) is 5.27. The van der Waals surface area contributed by atoms with E-state index >= 15 is 0 Å². The largest absolute Gasteiger partial charge is 0.478 e. The maximum Gasteiger partial charge on any atom is 0.335 e. The molecule has 2 atom stereocenters. The van der Waals surface area contributed by atoms with Gasteiger partial charge in [0.1, 0.15) is 5.69 Å². The van der Waals surface area contributed by atoms with Crippen LogP contribution in [0.25, 0.3) is 0 Å². The van der Waals surface area contributed by atoms with Crippen molar-refractivity contribution in [3.05, 3.63) is 29.3 Å². The Labute approximate surface area is 116 Å². The summed E-state index contributed by atoms with van der Waals surface area (Å²) in [4.78, 5) is 10.7. The van der Waals surface area contributed by atoms with Crippen molar-refractivity contribution in [2.24, 2.45) is 0 Å². The van der Waals surface area contributed by atoms with E-state index in [1.54, 1.807) is 0 Å². The Morgan fingerprint density at radius 3 is 2.20 bits per heavy atom. The first kappa shape index (κ1) is 14.7. The molecule has 0 spiro atoms. The minimum atomic E-state index is -1.35. The highest BCUT2D eigenvalue weighted by Gasteiger charge is 2.26. The topological polar surface area (TPSA) is 52.6 Å². The number of hydrogen-bond donors (Lipinski definition) is 2. The molecule has 1 saturated heterocycles. The number of nitrogens with zero attached hydrogens (tertiary/aromatic N) is 1. The van der Waals surface area contributed by atoms with Crippen molar-refractivity contribution < 1.29 is 18.7 Å². The van der Waals surface area contributed by atoms with Gasteiger partial charge in [0.2, 0.25) is 0 Å². The number of carboxylic acid groups (broad SMARTS) is 1. The monoisotopic (exact) mass is 284 g/mol. The smallest absolute Gasteiger partial charge is 0.335 e. The van der Waals surface area contributed by atoms with E-state index in [0.29, 0.717) is 0 Å². The van der Waals surface area contributed by atoms with E-state index in [1.165, 1.54) is 0 Å². The van der Waals surface area contributed by atoms with Gasteiger partial charge in [-0.3, -0.25) is 0 Å². The van der Waals surface area contributed by atoms with Gasteiger partial charge in [-0.2, -0.15) is 0 Å². The third-order valence-electron chi connectivity index (χ3n) is 3.72. The van der Waals surface area contributed by atoms with Crippen molar-refractivity contribution in [2.45, 2.75) is 45.2 Å². The summed E-state index contributed by atoms with van der Waals surface area (Å²) in [5, 5.41) is 10.6. The van der Waals surface area contributed by atoms with E-state index in [2.05, 4.69) is 5.43 Å². The zero-order valence-electron chi connectivity index (χ0n) is 11.5. The second-order valence-corrected chi connectivity index (χ2v) is 5.27. The summed E-state index contributed by atoms with van der Waals surface area (Å²) in [5.74, 6) is -3.14. The van der Waals surface area contributed by atoms with Crippen molar-refractivity contribution in [1.29, 1.82) is 0 Å². The Balaban J connectivity index is 2.27. The average molecular weight is 284 g/mol. The lowest BCUT2D eigenvalue weighted by atomic mass is 10.00. The first-order chi connectivity index (χ1) is 9.40. The Morgan fingerprint density at radius 2 is 1.75 bits per heavy atom. The molecule has 0 aliphatic carbocycles. The number of carbonyl (C=O) groups is 1. The van der Waals surface area contributed by atoms with Crippen LogP contribution in [-0.2, 0) is 0 Å². The molecule has 6 heteroatoms. The van der Waals surface area contributed by atoms with Gasteiger partial charge < -0.3 is 10.5 Å². The maximum atomic E-state index is 13.9. The van der Waals surface area contributed by atoms with Gasteiger partial charge in [-0.1, -0.05) is 6.42 Å². The molecule has 1 aromatic carbocycles. The van der Waals surface area contributed by atoms with Gasteiger partial charge in [-0.15, -0.1) is 0 Å². The molecular formula is C14H18F2N2O2. The quantitative estimate of drug-likeness (QED) is 0.894. The molecule has 4 nitrogen and oxygen atoms in total. The summed E-state index contributed by atoms with van der Waals surface area (Å²) in [7, 11) is 0.